The van der Waals surface area contributed by atoms with E-state index in [0.29, 0.717) is 11.6 Å². The third kappa shape index (κ3) is 2.24. The summed E-state index contributed by atoms with van der Waals surface area (Å²) in [6, 6.07) is 9.89. The van der Waals surface area contributed by atoms with E-state index in [1.165, 1.54) is 0 Å². The van der Waals surface area contributed by atoms with Gasteiger partial charge in [-0.15, -0.1) is 0 Å². The molecule has 0 radical (unpaired) electrons. The first kappa shape index (κ1) is 11.9. The molecule has 0 saturated heterocycles. The third-order valence-corrected chi connectivity index (χ3v) is 3.34. The average molecular weight is 271 g/mol. The molecular formula is C14H13N3OS. The van der Waals surface area contributed by atoms with Crippen LogP contribution in [0.2, 0.25) is 0 Å². The molecule has 0 saturated carbocycles. The number of aromatic nitrogens is 1. The molecule has 0 aliphatic carbocycles. The molecule has 0 amide bonds. The molecule has 3 N–H and O–H groups in total. The molecule has 0 bridgehead atoms. The summed E-state index contributed by atoms with van der Waals surface area (Å²) in [6.07, 6.45) is 3.41. The minimum Gasteiger partial charge on any atom is -0.491 e. The van der Waals surface area contributed by atoms with Crippen molar-refractivity contribution in [3.63, 3.8) is 0 Å². The molecule has 1 aromatic carbocycles. The number of pyridine rings is 1. The van der Waals surface area contributed by atoms with Crippen molar-refractivity contribution in [3.8, 4) is 5.75 Å². The van der Waals surface area contributed by atoms with E-state index in [0.717, 1.165) is 22.6 Å². The lowest BCUT2D eigenvalue weighted by Crippen LogP contribution is -2.17. The van der Waals surface area contributed by atoms with Crippen LogP contribution in [-0.2, 0) is 0 Å². The monoisotopic (exact) mass is 271 g/mol. The maximum Gasteiger partial charge on any atom is 0.124 e. The lowest BCUT2D eigenvalue weighted by Gasteiger charge is -2.15. The SMILES string of the molecule is NC(=S)c1ccncc1NC1COc2ccccc21. The molecule has 1 aliphatic heterocycles. The van der Waals surface area contributed by atoms with Gasteiger partial charge in [-0.1, -0.05) is 30.4 Å². The van der Waals surface area contributed by atoms with Gasteiger partial charge in [-0.2, -0.15) is 0 Å². The fourth-order valence-electron chi connectivity index (χ4n) is 2.19. The average Bonchev–Trinajstić information content (AvgIpc) is 2.83. The van der Waals surface area contributed by atoms with Crippen molar-refractivity contribution in [1.82, 2.24) is 4.98 Å². The van der Waals surface area contributed by atoms with Crippen molar-refractivity contribution in [3.05, 3.63) is 53.9 Å². The molecule has 1 unspecified atom stereocenters. The number of hydrogen-bond donors (Lipinski definition) is 2. The highest BCUT2D eigenvalue weighted by Gasteiger charge is 2.24. The molecule has 3 rings (SSSR count). The van der Waals surface area contributed by atoms with Crippen molar-refractivity contribution in [2.24, 2.45) is 5.73 Å². The zero-order valence-electron chi connectivity index (χ0n) is 10.2. The van der Waals surface area contributed by atoms with Gasteiger partial charge in [0.15, 0.2) is 0 Å². The number of ether oxygens (including phenoxy) is 1. The number of nitrogens with one attached hydrogen (secondary N) is 1. The Morgan fingerprint density at radius 2 is 2.21 bits per heavy atom. The lowest BCUT2D eigenvalue weighted by molar-refractivity contribution is 0.340. The summed E-state index contributed by atoms with van der Waals surface area (Å²) in [5, 5.41) is 3.39. The summed E-state index contributed by atoms with van der Waals surface area (Å²) in [7, 11) is 0. The number of nitrogens with two attached hydrogens (primary N) is 1. The van der Waals surface area contributed by atoms with E-state index in [-0.39, 0.29) is 6.04 Å². The molecule has 96 valence electrons. The van der Waals surface area contributed by atoms with Gasteiger partial charge in [0.2, 0.25) is 0 Å². The van der Waals surface area contributed by atoms with Gasteiger partial charge in [-0.3, -0.25) is 4.98 Å². The summed E-state index contributed by atoms with van der Waals surface area (Å²) in [6.45, 7) is 0.588. The molecule has 2 heterocycles. The summed E-state index contributed by atoms with van der Waals surface area (Å²) in [4.78, 5) is 4.47. The molecule has 19 heavy (non-hydrogen) atoms. The fraction of sp³-hybridized carbons (Fsp3) is 0.143. The molecule has 5 heteroatoms. The molecule has 0 spiro atoms. The van der Waals surface area contributed by atoms with Crippen LogP contribution in [0.1, 0.15) is 17.2 Å². The number of nitrogens with zero attached hydrogens (tertiary/aromatic N) is 1. The van der Waals surface area contributed by atoms with Gasteiger partial charge >= 0.3 is 0 Å². The maximum absolute atomic E-state index is 5.72. The number of fused-ring (bicyclic) bond motifs is 1. The second kappa shape index (κ2) is 4.85. The van der Waals surface area contributed by atoms with Gasteiger partial charge in [0, 0.05) is 17.3 Å². The van der Waals surface area contributed by atoms with E-state index in [4.69, 9.17) is 22.7 Å². The summed E-state index contributed by atoms with van der Waals surface area (Å²) in [5.41, 5.74) is 8.49. The Morgan fingerprint density at radius 1 is 1.37 bits per heavy atom. The minimum atomic E-state index is 0.0912. The van der Waals surface area contributed by atoms with Crippen LogP contribution >= 0.6 is 12.2 Å². The van der Waals surface area contributed by atoms with Gasteiger partial charge in [0.25, 0.3) is 0 Å². The number of rotatable bonds is 3. The van der Waals surface area contributed by atoms with Crippen molar-refractivity contribution >= 4 is 22.9 Å². The summed E-state index contributed by atoms with van der Waals surface area (Å²) in [5.74, 6) is 0.917. The molecule has 1 aliphatic rings. The van der Waals surface area contributed by atoms with Crippen LogP contribution in [-0.4, -0.2) is 16.6 Å². The van der Waals surface area contributed by atoms with Gasteiger partial charge in [-0.25, -0.2) is 0 Å². The van der Waals surface area contributed by atoms with Gasteiger partial charge < -0.3 is 15.8 Å². The van der Waals surface area contributed by atoms with Crippen LogP contribution in [0.15, 0.2) is 42.7 Å². The number of anilines is 1. The first-order valence-corrected chi connectivity index (χ1v) is 6.38. The van der Waals surface area contributed by atoms with Crippen LogP contribution in [0.25, 0.3) is 0 Å². The fourth-order valence-corrected chi connectivity index (χ4v) is 2.37. The van der Waals surface area contributed by atoms with Crippen LogP contribution in [0.5, 0.6) is 5.75 Å². The largest absolute Gasteiger partial charge is 0.491 e. The molecule has 4 nitrogen and oxygen atoms in total. The smallest absolute Gasteiger partial charge is 0.124 e. The van der Waals surface area contributed by atoms with Crippen molar-refractivity contribution in [1.29, 1.82) is 0 Å². The van der Waals surface area contributed by atoms with Crippen LogP contribution in [0.4, 0.5) is 5.69 Å². The van der Waals surface area contributed by atoms with Crippen molar-refractivity contribution < 1.29 is 4.74 Å². The number of para-hydroxylation sites is 1. The first-order valence-electron chi connectivity index (χ1n) is 5.98. The van der Waals surface area contributed by atoms with Crippen molar-refractivity contribution in [2.75, 3.05) is 11.9 Å². The zero-order valence-corrected chi connectivity index (χ0v) is 11.0. The van der Waals surface area contributed by atoms with Crippen LogP contribution in [0, 0.1) is 0 Å². The Bertz CT molecular complexity index is 630. The second-order valence-corrected chi connectivity index (χ2v) is 4.77. The Hall–Kier alpha value is -2.14. The quantitative estimate of drug-likeness (QED) is 0.839. The number of thiocarbonyl (C=S) groups is 1. The molecule has 1 aromatic heterocycles. The predicted molar refractivity (Wildman–Crippen MR) is 78.4 cm³/mol. The third-order valence-electron chi connectivity index (χ3n) is 3.12. The predicted octanol–water partition coefficient (Wildman–Crippen LogP) is 2.26. The number of hydrogen-bond acceptors (Lipinski definition) is 4. The zero-order chi connectivity index (χ0) is 13.2. The Kier molecular flexibility index (Phi) is 3.05. The van der Waals surface area contributed by atoms with Gasteiger partial charge in [0.1, 0.15) is 17.3 Å². The van der Waals surface area contributed by atoms with E-state index in [1.54, 1.807) is 12.4 Å². The summed E-state index contributed by atoms with van der Waals surface area (Å²) >= 11 is 5.05. The van der Waals surface area contributed by atoms with Crippen LogP contribution < -0.4 is 15.8 Å². The Balaban J connectivity index is 1.90. The molecule has 0 fully saturated rings. The van der Waals surface area contributed by atoms with E-state index < -0.39 is 0 Å². The number of benzene rings is 1. The second-order valence-electron chi connectivity index (χ2n) is 4.33. The topological polar surface area (TPSA) is 60.2 Å². The molecule has 1 atom stereocenters. The van der Waals surface area contributed by atoms with Gasteiger partial charge in [0.05, 0.1) is 17.9 Å². The van der Waals surface area contributed by atoms with Crippen molar-refractivity contribution in [2.45, 2.75) is 6.04 Å². The van der Waals surface area contributed by atoms with Crippen LogP contribution in [0.3, 0.4) is 0 Å². The molecular weight excluding hydrogens is 258 g/mol. The highest BCUT2D eigenvalue weighted by atomic mass is 32.1. The Labute approximate surface area is 116 Å². The highest BCUT2D eigenvalue weighted by molar-refractivity contribution is 7.80. The van der Waals surface area contributed by atoms with E-state index >= 15 is 0 Å². The maximum atomic E-state index is 5.72. The molecule has 2 aromatic rings. The Morgan fingerprint density at radius 3 is 3.05 bits per heavy atom. The minimum absolute atomic E-state index is 0.0912. The first-order chi connectivity index (χ1) is 9.25. The normalized spacial score (nSPS) is 16.5. The summed E-state index contributed by atoms with van der Waals surface area (Å²) < 4.78 is 5.64. The highest BCUT2D eigenvalue weighted by Crippen LogP contribution is 2.34. The van der Waals surface area contributed by atoms with E-state index in [2.05, 4.69) is 16.4 Å². The van der Waals surface area contributed by atoms with E-state index in [9.17, 15) is 0 Å². The standard InChI is InChI=1S/C14H13N3OS/c15-14(19)10-5-6-16-7-11(10)17-12-8-18-13-4-2-1-3-9(12)13/h1-7,12,17H,8H2,(H2,15,19). The van der Waals surface area contributed by atoms with Gasteiger partial charge in [-0.05, 0) is 12.1 Å². The van der Waals surface area contributed by atoms with E-state index in [1.807, 2.05) is 24.3 Å². The lowest BCUT2D eigenvalue weighted by atomic mass is 10.1.